The molecule has 4 aromatic rings. The number of aliphatic hydroxyl groups excluding tert-OH is 2. The van der Waals surface area contributed by atoms with E-state index in [1.54, 1.807) is 17.8 Å². The van der Waals surface area contributed by atoms with Crippen LogP contribution in [0.4, 0.5) is 5.82 Å². The van der Waals surface area contributed by atoms with E-state index in [1.165, 1.54) is 11.9 Å². The summed E-state index contributed by atoms with van der Waals surface area (Å²) < 4.78 is 7.98. The topological polar surface area (TPSA) is 151 Å². The molecule has 1 aromatic carbocycles. The van der Waals surface area contributed by atoms with E-state index in [9.17, 15) is 10.2 Å². The van der Waals surface area contributed by atoms with E-state index < -0.39 is 18.6 Å². The number of aromatic nitrogens is 6. The molecule has 1 unspecified atom stereocenters. The van der Waals surface area contributed by atoms with Crippen LogP contribution in [0.2, 0.25) is 0 Å². The average molecular weight is 549 g/mol. The zero-order valence-corrected chi connectivity index (χ0v) is 23.7. The Bertz CT molecular complexity index is 1490. The second kappa shape index (κ2) is 10.4. The van der Waals surface area contributed by atoms with E-state index >= 15 is 0 Å². The van der Waals surface area contributed by atoms with Crippen LogP contribution in [0.1, 0.15) is 71.0 Å². The smallest absolute Gasteiger partial charge is 0.167 e. The molecular formula is C29H40N8O3. The molecular weight excluding hydrogens is 508 g/mol. The van der Waals surface area contributed by atoms with Gasteiger partial charge in [-0.15, -0.1) is 0 Å². The fourth-order valence-corrected chi connectivity index (χ4v) is 6.19. The van der Waals surface area contributed by atoms with Gasteiger partial charge in [-0.1, -0.05) is 26.8 Å². The number of nitrogens with two attached hydrogens (primary N) is 1. The molecule has 11 nitrogen and oxygen atoms in total. The number of nitrogen functional groups attached to an aromatic ring is 1. The first-order valence-electron chi connectivity index (χ1n) is 14.3. The summed E-state index contributed by atoms with van der Waals surface area (Å²) in [4.78, 5) is 23.0. The summed E-state index contributed by atoms with van der Waals surface area (Å²) in [5.41, 5.74) is 10.5. The summed E-state index contributed by atoms with van der Waals surface area (Å²) >= 11 is 0. The molecule has 11 heteroatoms. The van der Waals surface area contributed by atoms with Gasteiger partial charge in [-0.05, 0) is 55.2 Å². The molecule has 1 saturated carbocycles. The number of aryl methyl sites for hydroxylation is 1. The molecule has 4 heterocycles. The molecule has 2 fully saturated rings. The van der Waals surface area contributed by atoms with Crippen LogP contribution in [0.15, 0.2) is 30.9 Å². The van der Waals surface area contributed by atoms with Crippen LogP contribution in [0.5, 0.6) is 0 Å². The molecule has 4 atom stereocenters. The van der Waals surface area contributed by atoms with Crippen molar-refractivity contribution in [1.82, 2.24) is 34.4 Å². The Hall–Kier alpha value is -3.12. The molecule has 5 N–H and O–H groups in total. The molecule has 0 spiro atoms. The maximum absolute atomic E-state index is 10.8. The highest BCUT2D eigenvalue weighted by Gasteiger charge is 2.41. The van der Waals surface area contributed by atoms with E-state index in [1.807, 2.05) is 0 Å². The van der Waals surface area contributed by atoms with Crippen molar-refractivity contribution in [3.8, 4) is 0 Å². The molecule has 1 aliphatic carbocycles. The number of imidazole rings is 2. The number of ether oxygens (including phenoxy) is 1. The first-order valence-corrected chi connectivity index (χ1v) is 14.3. The van der Waals surface area contributed by atoms with Gasteiger partial charge in [0.2, 0.25) is 0 Å². The minimum Gasteiger partial charge on any atom is -0.388 e. The monoisotopic (exact) mass is 548 g/mol. The maximum Gasteiger partial charge on any atom is 0.167 e. The van der Waals surface area contributed by atoms with Crippen molar-refractivity contribution < 1.29 is 14.9 Å². The SMILES string of the molecule is CC(O)N(C[C@@H]1C[C@@H](O)[C@H](n2cnc3c(N)ncnc32)O1)C1CC(CCc2nc3ccc(C(C)(C)C)cc3[nH]2)C1. The van der Waals surface area contributed by atoms with Crippen molar-refractivity contribution in [2.24, 2.45) is 5.92 Å². The van der Waals surface area contributed by atoms with Crippen molar-refractivity contribution in [2.75, 3.05) is 12.3 Å². The molecule has 0 radical (unpaired) electrons. The number of fused-ring (bicyclic) bond motifs is 2. The highest BCUT2D eigenvalue weighted by atomic mass is 16.5. The van der Waals surface area contributed by atoms with Crippen molar-refractivity contribution in [3.63, 3.8) is 0 Å². The number of rotatable bonds is 8. The third-order valence-corrected chi connectivity index (χ3v) is 8.59. The fraction of sp³-hybridized carbons (Fsp3) is 0.586. The van der Waals surface area contributed by atoms with Gasteiger partial charge in [0.15, 0.2) is 17.7 Å². The molecule has 40 heavy (non-hydrogen) atoms. The first kappa shape index (κ1) is 27.1. The zero-order chi connectivity index (χ0) is 28.2. The van der Waals surface area contributed by atoms with Gasteiger partial charge >= 0.3 is 0 Å². The van der Waals surface area contributed by atoms with Crippen molar-refractivity contribution in [1.29, 1.82) is 0 Å². The van der Waals surface area contributed by atoms with Crippen LogP contribution in [-0.4, -0.2) is 75.6 Å². The fourth-order valence-electron chi connectivity index (χ4n) is 6.19. The van der Waals surface area contributed by atoms with Crippen LogP contribution in [0.25, 0.3) is 22.2 Å². The van der Waals surface area contributed by atoms with E-state index in [2.05, 4.69) is 63.8 Å². The highest BCUT2D eigenvalue weighted by Crippen LogP contribution is 2.38. The molecule has 1 saturated heterocycles. The number of hydrogen-bond acceptors (Lipinski definition) is 9. The van der Waals surface area contributed by atoms with Crippen LogP contribution < -0.4 is 5.73 Å². The van der Waals surface area contributed by atoms with Crippen molar-refractivity contribution in [2.45, 2.75) is 95.9 Å². The number of nitrogens with zero attached hydrogens (tertiary/aromatic N) is 6. The summed E-state index contributed by atoms with van der Waals surface area (Å²) in [6.07, 6.45) is 5.32. The molecule has 214 valence electrons. The highest BCUT2D eigenvalue weighted by molar-refractivity contribution is 5.81. The quantitative estimate of drug-likeness (QED) is 0.243. The third-order valence-electron chi connectivity index (χ3n) is 8.59. The lowest BCUT2D eigenvalue weighted by atomic mass is 9.76. The van der Waals surface area contributed by atoms with Crippen LogP contribution >= 0.6 is 0 Å². The van der Waals surface area contributed by atoms with Gasteiger partial charge in [0, 0.05) is 25.4 Å². The normalized spacial score (nSPS) is 26.1. The predicted molar refractivity (Wildman–Crippen MR) is 152 cm³/mol. The van der Waals surface area contributed by atoms with Gasteiger partial charge in [-0.3, -0.25) is 9.47 Å². The van der Waals surface area contributed by atoms with E-state index in [0.29, 0.717) is 35.9 Å². The van der Waals surface area contributed by atoms with E-state index in [-0.39, 0.29) is 17.6 Å². The molecule has 0 amide bonds. The summed E-state index contributed by atoms with van der Waals surface area (Å²) in [7, 11) is 0. The largest absolute Gasteiger partial charge is 0.388 e. The van der Waals surface area contributed by atoms with E-state index in [0.717, 1.165) is 42.5 Å². The lowest BCUT2D eigenvalue weighted by Crippen LogP contribution is -2.51. The number of nitrogens with one attached hydrogen (secondary N) is 1. The van der Waals surface area contributed by atoms with Crippen molar-refractivity contribution in [3.05, 3.63) is 42.2 Å². The van der Waals surface area contributed by atoms with Gasteiger partial charge in [0.05, 0.1) is 23.5 Å². The Balaban J connectivity index is 1.03. The molecule has 3 aromatic heterocycles. The lowest BCUT2D eigenvalue weighted by Gasteiger charge is -2.45. The second-order valence-corrected chi connectivity index (χ2v) is 12.6. The second-order valence-electron chi connectivity index (χ2n) is 12.6. The summed E-state index contributed by atoms with van der Waals surface area (Å²) in [5, 5.41) is 21.4. The van der Waals surface area contributed by atoms with Gasteiger partial charge < -0.3 is 25.7 Å². The molecule has 1 aliphatic heterocycles. The summed E-state index contributed by atoms with van der Waals surface area (Å²) in [6, 6.07) is 6.79. The van der Waals surface area contributed by atoms with Crippen LogP contribution in [0.3, 0.4) is 0 Å². The Labute approximate surface area is 233 Å². The Morgan fingerprint density at radius 3 is 2.75 bits per heavy atom. The van der Waals surface area contributed by atoms with Crippen LogP contribution in [0, 0.1) is 5.92 Å². The van der Waals surface area contributed by atoms with Gasteiger partial charge in [0.25, 0.3) is 0 Å². The average Bonchev–Trinajstić information content (AvgIpc) is 3.57. The Kier molecular flexibility index (Phi) is 7.02. The summed E-state index contributed by atoms with van der Waals surface area (Å²) in [6.45, 7) is 9.02. The predicted octanol–water partition coefficient (Wildman–Crippen LogP) is 3.28. The Morgan fingerprint density at radius 1 is 1.20 bits per heavy atom. The first-order chi connectivity index (χ1) is 19.1. The number of H-pyrrole nitrogens is 1. The molecule has 0 bridgehead atoms. The number of anilines is 1. The lowest BCUT2D eigenvalue weighted by molar-refractivity contribution is -0.0931. The third kappa shape index (κ3) is 5.18. The number of aromatic amines is 1. The molecule has 6 rings (SSSR count). The number of aliphatic hydroxyl groups is 2. The maximum atomic E-state index is 10.8. The van der Waals surface area contributed by atoms with Gasteiger partial charge in [-0.25, -0.2) is 19.9 Å². The number of hydrogen-bond donors (Lipinski definition) is 4. The number of benzene rings is 1. The van der Waals surface area contributed by atoms with Crippen molar-refractivity contribution >= 4 is 28.0 Å². The van der Waals surface area contributed by atoms with E-state index in [4.69, 9.17) is 15.5 Å². The molecule has 2 aliphatic rings. The Morgan fingerprint density at radius 2 is 2.00 bits per heavy atom. The van der Waals surface area contributed by atoms with Crippen LogP contribution in [-0.2, 0) is 16.6 Å². The minimum atomic E-state index is -0.716. The van der Waals surface area contributed by atoms with Gasteiger partial charge in [0.1, 0.15) is 30.0 Å². The minimum absolute atomic E-state index is 0.107. The van der Waals surface area contributed by atoms with Gasteiger partial charge in [-0.2, -0.15) is 0 Å². The standard InChI is InChI=1S/C29H40N8O3/c1-16(38)36(13-20-12-23(39)28(40-20)37-15-33-25-26(30)31-14-32-27(25)37)19-9-17(10-19)5-8-24-34-21-7-6-18(29(2,3)4)11-22(21)35-24/h6-7,11,14-17,19-20,23,28,38-39H,5,8-10,12-13H2,1-4H3,(H,34,35)(H2,30,31,32)/t16?,17?,19?,20-,23+,28+/m0/s1. The summed E-state index contributed by atoms with van der Waals surface area (Å²) in [5.74, 6) is 1.92. The zero-order valence-electron chi connectivity index (χ0n) is 23.7.